The lowest BCUT2D eigenvalue weighted by atomic mass is 10.2. The molecule has 0 aliphatic heterocycles. The maximum absolute atomic E-state index is 12.0. The number of imidazole rings is 1. The van der Waals surface area contributed by atoms with Crippen LogP contribution in [-0.2, 0) is 14.1 Å². The molecule has 2 aromatic heterocycles. The Morgan fingerprint density at radius 2 is 2.05 bits per heavy atom. The molecule has 7 nitrogen and oxygen atoms in total. The number of aryl methyl sites for hydroxylation is 1. The molecule has 0 radical (unpaired) electrons. The van der Waals surface area contributed by atoms with Crippen LogP contribution in [-0.4, -0.2) is 25.6 Å². The molecule has 0 amide bonds. The molecule has 0 saturated carbocycles. The summed E-state index contributed by atoms with van der Waals surface area (Å²) in [7, 11) is 3.03. The third-order valence-corrected chi connectivity index (χ3v) is 3.14. The smallest absolute Gasteiger partial charge is 0.332 e. The zero-order valence-electron chi connectivity index (χ0n) is 11.6. The van der Waals surface area contributed by atoms with Gasteiger partial charge in [0.05, 0.1) is 0 Å². The molecule has 0 atom stereocenters. The van der Waals surface area contributed by atoms with Crippen LogP contribution in [0.1, 0.15) is 19.3 Å². The highest BCUT2D eigenvalue weighted by atomic mass is 16.2. The summed E-state index contributed by atoms with van der Waals surface area (Å²) < 4.78 is 2.40. The molecule has 0 spiro atoms. The maximum atomic E-state index is 12.0. The van der Waals surface area contributed by atoms with Gasteiger partial charge in [-0.1, -0.05) is 0 Å². The fourth-order valence-corrected chi connectivity index (χ4v) is 1.97. The first-order chi connectivity index (χ1) is 9.56. The molecule has 0 aliphatic rings. The number of unbranched alkanes of at least 4 members (excludes halogenated alkanes) is 2. The molecule has 0 bridgehead atoms. The van der Waals surface area contributed by atoms with E-state index in [1.807, 2.05) is 0 Å². The number of anilines is 1. The Morgan fingerprint density at radius 3 is 2.75 bits per heavy atom. The van der Waals surface area contributed by atoms with Gasteiger partial charge in [0.15, 0.2) is 11.2 Å². The van der Waals surface area contributed by atoms with Crippen molar-refractivity contribution in [1.82, 2.24) is 19.1 Å². The minimum atomic E-state index is -0.394. The van der Waals surface area contributed by atoms with Crippen LogP contribution in [0.4, 0.5) is 5.95 Å². The van der Waals surface area contributed by atoms with Crippen molar-refractivity contribution in [2.75, 3.05) is 11.9 Å². The second-order valence-corrected chi connectivity index (χ2v) is 4.58. The number of nitrogens with one attached hydrogen (secondary N) is 2. The maximum Gasteiger partial charge on any atom is 0.332 e. The number of H-pyrrole nitrogens is 1. The van der Waals surface area contributed by atoms with Gasteiger partial charge < -0.3 is 10.3 Å². The van der Waals surface area contributed by atoms with E-state index in [-0.39, 0.29) is 5.56 Å². The molecule has 0 fully saturated rings. The van der Waals surface area contributed by atoms with E-state index in [4.69, 9.17) is 6.42 Å². The van der Waals surface area contributed by atoms with Crippen LogP contribution < -0.4 is 16.6 Å². The van der Waals surface area contributed by atoms with Gasteiger partial charge in [-0.3, -0.25) is 13.9 Å². The number of hydrogen-bond acceptors (Lipinski definition) is 4. The molecular weight excluding hydrogens is 258 g/mol. The molecule has 20 heavy (non-hydrogen) atoms. The first-order valence-electron chi connectivity index (χ1n) is 6.39. The van der Waals surface area contributed by atoms with Crippen LogP contribution in [0.15, 0.2) is 9.59 Å². The Balaban J connectivity index is 2.24. The summed E-state index contributed by atoms with van der Waals surface area (Å²) in [5.41, 5.74) is -0.101. The van der Waals surface area contributed by atoms with Crippen LogP contribution in [0.5, 0.6) is 0 Å². The summed E-state index contributed by atoms with van der Waals surface area (Å²) in [5, 5.41) is 3.09. The van der Waals surface area contributed by atoms with Gasteiger partial charge in [0.25, 0.3) is 5.56 Å². The molecule has 0 aliphatic carbocycles. The zero-order chi connectivity index (χ0) is 14.7. The average Bonchev–Trinajstić information content (AvgIpc) is 2.87. The number of aromatic nitrogens is 4. The SMILES string of the molecule is C#CCCCCNc1nc2c([nH]1)c(=O)n(C)c(=O)n2C. The first kappa shape index (κ1) is 13.9. The minimum absolute atomic E-state index is 0.320. The van der Waals surface area contributed by atoms with Crippen molar-refractivity contribution in [3.05, 3.63) is 20.8 Å². The molecular formula is C13H17N5O2. The van der Waals surface area contributed by atoms with Crippen LogP contribution in [0, 0.1) is 12.3 Å². The van der Waals surface area contributed by atoms with Crippen LogP contribution >= 0.6 is 0 Å². The monoisotopic (exact) mass is 275 g/mol. The molecule has 2 N–H and O–H groups in total. The quantitative estimate of drug-likeness (QED) is 0.602. The third-order valence-electron chi connectivity index (χ3n) is 3.14. The van der Waals surface area contributed by atoms with E-state index >= 15 is 0 Å². The Labute approximate surface area is 115 Å². The van der Waals surface area contributed by atoms with Crippen molar-refractivity contribution in [3.8, 4) is 12.3 Å². The number of terminal acetylenes is 1. The Hall–Kier alpha value is -2.49. The van der Waals surface area contributed by atoms with Crippen molar-refractivity contribution in [2.24, 2.45) is 14.1 Å². The van der Waals surface area contributed by atoms with E-state index < -0.39 is 5.69 Å². The van der Waals surface area contributed by atoms with Gasteiger partial charge in [0.1, 0.15) is 0 Å². The van der Waals surface area contributed by atoms with Crippen LogP contribution in [0.3, 0.4) is 0 Å². The molecule has 7 heteroatoms. The van der Waals surface area contributed by atoms with Crippen molar-refractivity contribution in [2.45, 2.75) is 19.3 Å². The van der Waals surface area contributed by atoms with E-state index in [1.165, 1.54) is 11.6 Å². The number of hydrogen-bond donors (Lipinski definition) is 2. The van der Waals surface area contributed by atoms with Crippen molar-refractivity contribution >= 4 is 17.1 Å². The van der Waals surface area contributed by atoms with Gasteiger partial charge >= 0.3 is 5.69 Å². The normalized spacial score (nSPS) is 10.7. The number of fused-ring (bicyclic) bond motifs is 1. The van der Waals surface area contributed by atoms with Crippen molar-refractivity contribution in [1.29, 1.82) is 0 Å². The lowest BCUT2D eigenvalue weighted by molar-refractivity contribution is 0.709. The van der Waals surface area contributed by atoms with Gasteiger partial charge in [-0.15, -0.1) is 12.3 Å². The highest BCUT2D eigenvalue weighted by Gasteiger charge is 2.12. The van der Waals surface area contributed by atoms with Crippen LogP contribution in [0.25, 0.3) is 11.2 Å². The Bertz CT molecular complexity index is 775. The lowest BCUT2D eigenvalue weighted by Crippen LogP contribution is -2.36. The highest BCUT2D eigenvalue weighted by Crippen LogP contribution is 2.08. The van der Waals surface area contributed by atoms with E-state index in [0.717, 1.165) is 23.8 Å². The Kier molecular flexibility index (Phi) is 3.94. The summed E-state index contributed by atoms with van der Waals surface area (Å²) in [6, 6.07) is 0. The van der Waals surface area contributed by atoms with E-state index in [2.05, 4.69) is 21.2 Å². The van der Waals surface area contributed by atoms with Gasteiger partial charge in [-0.25, -0.2) is 4.79 Å². The van der Waals surface area contributed by atoms with Gasteiger partial charge in [0.2, 0.25) is 5.95 Å². The molecule has 2 rings (SSSR count). The number of nitrogens with zero attached hydrogens (tertiary/aromatic N) is 3. The fourth-order valence-electron chi connectivity index (χ4n) is 1.97. The molecule has 2 aromatic rings. The molecule has 0 saturated heterocycles. The molecule has 106 valence electrons. The third kappa shape index (κ3) is 2.45. The summed E-state index contributed by atoms with van der Waals surface area (Å²) >= 11 is 0. The number of aromatic amines is 1. The van der Waals surface area contributed by atoms with E-state index in [0.29, 0.717) is 23.7 Å². The predicted octanol–water partition coefficient (Wildman–Crippen LogP) is 0.176. The van der Waals surface area contributed by atoms with E-state index in [1.54, 1.807) is 7.05 Å². The van der Waals surface area contributed by atoms with Crippen molar-refractivity contribution < 1.29 is 0 Å². The summed E-state index contributed by atoms with van der Waals surface area (Å²) in [4.78, 5) is 30.9. The standard InChI is InChI=1S/C13H17N5O2/c1-4-5-6-7-8-14-12-15-9-10(16-12)17(2)13(20)18(3)11(9)19/h1H,5-8H2,2-3H3,(H2,14,15,16). The number of rotatable bonds is 5. The summed E-state index contributed by atoms with van der Waals surface area (Å²) in [5.74, 6) is 3.07. The minimum Gasteiger partial charge on any atom is -0.356 e. The summed E-state index contributed by atoms with van der Waals surface area (Å²) in [6.45, 7) is 0.704. The fraction of sp³-hybridized carbons (Fsp3) is 0.462. The average molecular weight is 275 g/mol. The first-order valence-corrected chi connectivity index (χ1v) is 6.39. The van der Waals surface area contributed by atoms with Crippen LogP contribution in [0.2, 0.25) is 0 Å². The van der Waals surface area contributed by atoms with Gasteiger partial charge in [-0.2, -0.15) is 4.98 Å². The largest absolute Gasteiger partial charge is 0.356 e. The second kappa shape index (κ2) is 5.65. The molecule has 0 unspecified atom stereocenters. The van der Waals surface area contributed by atoms with Gasteiger partial charge in [-0.05, 0) is 12.8 Å². The summed E-state index contributed by atoms with van der Waals surface area (Å²) in [6.07, 6.45) is 7.77. The molecule has 0 aromatic carbocycles. The topological polar surface area (TPSA) is 84.7 Å². The van der Waals surface area contributed by atoms with Crippen molar-refractivity contribution in [3.63, 3.8) is 0 Å². The predicted molar refractivity (Wildman–Crippen MR) is 77.7 cm³/mol. The zero-order valence-corrected chi connectivity index (χ0v) is 11.6. The van der Waals surface area contributed by atoms with Gasteiger partial charge in [0, 0.05) is 27.1 Å². The molecule has 2 heterocycles. The van der Waals surface area contributed by atoms with E-state index in [9.17, 15) is 9.59 Å². The second-order valence-electron chi connectivity index (χ2n) is 4.58. The lowest BCUT2D eigenvalue weighted by Gasteiger charge is -2.00. The Morgan fingerprint density at radius 1 is 1.30 bits per heavy atom. The highest BCUT2D eigenvalue weighted by molar-refractivity contribution is 5.72.